The largest absolute Gasteiger partial charge is 0.460 e. The van der Waals surface area contributed by atoms with Crippen molar-refractivity contribution in [2.75, 3.05) is 19.9 Å². The van der Waals surface area contributed by atoms with E-state index in [9.17, 15) is 14.0 Å². The number of hydroxylamine groups is 2. The third kappa shape index (κ3) is 7.77. The van der Waals surface area contributed by atoms with Crippen molar-refractivity contribution in [1.29, 1.82) is 0 Å². The molecule has 0 bridgehead atoms. The van der Waals surface area contributed by atoms with Crippen LogP contribution in [0, 0.1) is 5.82 Å². The second-order valence-electron chi connectivity index (χ2n) is 12.5. The Bertz CT molecular complexity index is 1360. The van der Waals surface area contributed by atoms with Crippen LogP contribution in [-0.2, 0) is 38.5 Å². The van der Waals surface area contributed by atoms with Crippen LogP contribution in [0.2, 0.25) is 25.7 Å². The first-order valence-electron chi connectivity index (χ1n) is 13.8. The smallest absolute Gasteiger partial charge is 0.306 e. The van der Waals surface area contributed by atoms with Gasteiger partial charge in [0.15, 0.2) is 6.79 Å². The van der Waals surface area contributed by atoms with Crippen LogP contribution in [0.1, 0.15) is 54.4 Å². The van der Waals surface area contributed by atoms with Crippen LogP contribution in [0.3, 0.4) is 0 Å². The Kier molecular flexibility index (Phi) is 9.11. The van der Waals surface area contributed by atoms with E-state index < -0.39 is 13.7 Å². The fraction of sp³-hybridized carbons (Fsp3) is 0.500. The van der Waals surface area contributed by atoms with E-state index in [0.717, 1.165) is 33.6 Å². The number of aryl methyl sites for hydroxylation is 1. The van der Waals surface area contributed by atoms with Gasteiger partial charge in [-0.15, -0.1) is 0 Å². The number of carbonyl (C=O) groups excluding carboxylic acids is 2. The number of pyridine rings is 1. The minimum Gasteiger partial charge on any atom is -0.460 e. The molecule has 1 aliphatic rings. The molecular weight excluding hydrogens is 529 g/mol. The molecule has 3 aromatic rings. The topological polar surface area (TPSA) is 82.9 Å². The third-order valence-electron chi connectivity index (χ3n) is 6.67. The second-order valence-corrected chi connectivity index (χ2v) is 18.1. The summed E-state index contributed by atoms with van der Waals surface area (Å²) in [5.74, 6) is -0.873. The molecule has 0 radical (unpaired) electrons. The van der Waals surface area contributed by atoms with Gasteiger partial charge in [-0.25, -0.2) is 19.3 Å². The van der Waals surface area contributed by atoms with E-state index in [0.29, 0.717) is 38.2 Å². The van der Waals surface area contributed by atoms with Crippen molar-refractivity contribution in [3.63, 3.8) is 0 Å². The SMILES string of the molecule is CC(C)(C)OC(=O)CCc1cn(Cc2ccc(F)cc2)c2cnc3c(c12)CCN(OCOCC[Si](C)(C)C)C3=O. The van der Waals surface area contributed by atoms with Gasteiger partial charge in [0.1, 0.15) is 17.1 Å². The summed E-state index contributed by atoms with van der Waals surface area (Å²) in [4.78, 5) is 36.1. The van der Waals surface area contributed by atoms with Crippen LogP contribution in [0.15, 0.2) is 36.7 Å². The standard InChI is InChI=1S/C30H40FN3O5Si/c1-30(2,3)39-26(35)12-9-22-19-33(18-21-7-10-23(31)11-8-21)25-17-32-28-24(27(22)25)13-14-34(29(28)36)38-20-37-15-16-40(4,5)6/h7-8,10-11,17,19H,9,12-16,18,20H2,1-6H3. The third-order valence-corrected chi connectivity index (χ3v) is 8.37. The highest BCUT2D eigenvalue weighted by Gasteiger charge is 2.30. The fourth-order valence-electron chi connectivity index (χ4n) is 4.70. The number of esters is 1. The summed E-state index contributed by atoms with van der Waals surface area (Å²) in [5.41, 5.74) is 3.36. The molecule has 8 nitrogen and oxygen atoms in total. The molecule has 4 rings (SSSR count). The molecule has 10 heteroatoms. The molecule has 0 spiro atoms. The Morgan fingerprint density at radius 3 is 2.55 bits per heavy atom. The highest BCUT2D eigenvalue weighted by molar-refractivity contribution is 6.76. The molecule has 0 unspecified atom stereocenters. The molecule has 40 heavy (non-hydrogen) atoms. The van der Waals surface area contributed by atoms with Crippen LogP contribution >= 0.6 is 0 Å². The number of halogens is 1. The van der Waals surface area contributed by atoms with Gasteiger partial charge in [0.2, 0.25) is 0 Å². The first-order valence-corrected chi connectivity index (χ1v) is 17.5. The Balaban J connectivity index is 1.58. The first-order chi connectivity index (χ1) is 18.8. The van der Waals surface area contributed by atoms with E-state index in [1.807, 2.05) is 31.5 Å². The Labute approximate surface area is 236 Å². The van der Waals surface area contributed by atoms with Crippen molar-refractivity contribution in [1.82, 2.24) is 14.6 Å². The van der Waals surface area contributed by atoms with E-state index >= 15 is 0 Å². The molecule has 2 aromatic heterocycles. The summed E-state index contributed by atoms with van der Waals surface area (Å²) >= 11 is 0. The number of fused-ring (bicyclic) bond motifs is 3. The molecule has 1 amide bonds. The van der Waals surface area contributed by atoms with Gasteiger partial charge in [0, 0.05) is 39.2 Å². The number of rotatable bonds is 11. The molecule has 1 aliphatic heterocycles. The molecule has 0 fully saturated rings. The maximum atomic E-state index is 13.5. The van der Waals surface area contributed by atoms with Gasteiger partial charge in [-0.1, -0.05) is 31.8 Å². The number of hydrogen-bond acceptors (Lipinski definition) is 6. The highest BCUT2D eigenvalue weighted by Crippen LogP contribution is 2.32. The molecule has 3 heterocycles. The number of hydrogen-bond donors (Lipinski definition) is 0. The van der Waals surface area contributed by atoms with E-state index in [1.54, 1.807) is 18.3 Å². The summed E-state index contributed by atoms with van der Waals surface area (Å²) in [5, 5.41) is 2.25. The van der Waals surface area contributed by atoms with Crippen molar-refractivity contribution in [3.8, 4) is 0 Å². The van der Waals surface area contributed by atoms with Gasteiger partial charge in [-0.05, 0) is 68.5 Å². The van der Waals surface area contributed by atoms with Crippen molar-refractivity contribution in [2.45, 2.75) is 77.9 Å². The zero-order chi connectivity index (χ0) is 29.1. The molecule has 0 aliphatic carbocycles. The maximum Gasteiger partial charge on any atom is 0.306 e. The molecule has 216 valence electrons. The average molecular weight is 570 g/mol. The van der Waals surface area contributed by atoms with Crippen LogP contribution in [0.4, 0.5) is 4.39 Å². The molecule has 0 atom stereocenters. The van der Waals surface area contributed by atoms with Crippen molar-refractivity contribution in [3.05, 3.63) is 64.9 Å². The quantitative estimate of drug-likeness (QED) is 0.127. The Morgan fingerprint density at radius 2 is 1.88 bits per heavy atom. The number of amides is 1. The van der Waals surface area contributed by atoms with Gasteiger partial charge in [0.05, 0.1) is 18.3 Å². The number of aromatic nitrogens is 2. The number of benzene rings is 1. The first kappa shape index (κ1) is 29.9. The molecular formula is C30H40FN3O5Si. The monoisotopic (exact) mass is 569 g/mol. The number of nitrogens with zero attached hydrogens (tertiary/aromatic N) is 3. The Morgan fingerprint density at radius 1 is 1.15 bits per heavy atom. The second kappa shape index (κ2) is 12.2. The van der Waals surface area contributed by atoms with Gasteiger partial charge in [0.25, 0.3) is 5.91 Å². The van der Waals surface area contributed by atoms with Crippen LogP contribution < -0.4 is 0 Å². The lowest BCUT2D eigenvalue weighted by atomic mass is 9.97. The zero-order valence-electron chi connectivity index (χ0n) is 24.4. The van der Waals surface area contributed by atoms with Crippen LogP contribution in [0.25, 0.3) is 10.9 Å². The van der Waals surface area contributed by atoms with E-state index in [-0.39, 0.29) is 30.9 Å². The predicted molar refractivity (Wildman–Crippen MR) is 154 cm³/mol. The summed E-state index contributed by atoms with van der Waals surface area (Å²) in [6.45, 7) is 13.9. The van der Waals surface area contributed by atoms with Crippen molar-refractivity contribution >= 4 is 30.9 Å². The predicted octanol–water partition coefficient (Wildman–Crippen LogP) is 5.74. The summed E-state index contributed by atoms with van der Waals surface area (Å²) in [6, 6.07) is 7.39. The fourth-order valence-corrected chi connectivity index (χ4v) is 5.45. The Hall–Kier alpha value is -3.08. The van der Waals surface area contributed by atoms with Gasteiger partial charge in [-0.2, -0.15) is 0 Å². The van der Waals surface area contributed by atoms with Gasteiger partial charge < -0.3 is 14.0 Å². The van der Waals surface area contributed by atoms with E-state index in [1.165, 1.54) is 17.2 Å². The van der Waals surface area contributed by atoms with Crippen LogP contribution in [0.5, 0.6) is 0 Å². The summed E-state index contributed by atoms with van der Waals surface area (Å²) in [6.07, 6.45) is 4.92. The molecule has 1 aromatic carbocycles. The number of carbonyl (C=O) groups is 2. The summed E-state index contributed by atoms with van der Waals surface area (Å²) < 4.78 is 26.7. The van der Waals surface area contributed by atoms with Crippen molar-refractivity contribution in [2.24, 2.45) is 0 Å². The molecule has 0 N–H and O–H groups in total. The minimum absolute atomic E-state index is 0.0168. The normalized spacial score (nSPS) is 14.1. The average Bonchev–Trinajstić information content (AvgIpc) is 3.21. The van der Waals surface area contributed by atoms with Gasteiger partial charge in [-0.3, -0.25) is 9.59 Å². The van der Waals surface area contributed by atoms with Crippen LogP contribution in [-0.4, -0.2) is 60.1 Å². The molecule has 0 saturated carbocycles. The zero-order valence-corrected chi connectivity index (χ0v) is 25.4. The molecule has 0 saturated heterocycles. The van der Waals surface area contributed by atoms with Gasteiger partial charge >= 0.3 is 5.97 Å². The van der Waals surface area contributed by atoms with E-state index in [2.05, 4.69) is 24.6 Å². The lowest BCUT2D eigenvalue weighted by Crippen LogP contribution is -2.39. The van der Waals surface area contributed by atoms with Crippen molar-refractivity contribution < 1.29 is 28.3 Å². The van der Waals surface area contributed by atoms with E-state index in [4.69, 9.17) is 14.3 Å². The lowest BCUT2D eigenvalue weighted by Gasteiger charge is -2.27. The highest BCUT2D eigenvalue weighted by atomic mass is 28.3. The minimum atomic E-state index is -1.21. The lowest BCUT2D eigenvalue weighted by molar-refractivity contribution is -0.195. The maximum absolute atomic E-state index is 13.5. The summed E-state index contributed by atoms with van der Waals surface area (Å²) in [7, 11) is -1.21. The number of ether oxygens (including phenoxy) is 2.